The van der Waals surface area contributed by atoms with Gasteiger partial charge in [0.05, 0.1) is 18.8 Å². The van der Waals surface area contributed by atoms with E-state index in [0.29, 0.717) is 0 Å². The van der Waals surface area contributed by atoms with Crippen LogP contribution in [0.2, 0.25) is 0 Å². The Bertz CT molecular complexity index is 161. The minimum Gasteiger partial charge on any atom is -0.466 e. The van der Waals surface area contributed by atoms with Crippen LogP contribution in [0.1, 0.15) is 13.8 Å². The molecule has 0 unspecified atom stereocenters. The van der Waals surface area contributed by atoms with E-state index in [1.165, 1.54) is 7.11 Å². The molecule has 0 spiro atoms. The van der Waals surface area contributed by atoms with Crippen LogP contribution < -0.4 is 0 Å². The van der Waals surface area contributed by atoms with Crippen LogP contribution in [0.25, 0.3) is 0 Å². The van der Waals surface area contributed by atoms with Crippen molar-refractivity contribution in [2.45, 2.75) is 20.0 Å². The lowest BCUT2D eigenvalue weighted by atomic mass is 10.0. The van der Waals surface area contributed by atoms with Gasteiger partial charge in [0.1, 0.15) is 0 Å². The van der Waals surface area contributed by atoms with Gasteiger partial charge in [0.2, 0.25) is 0 Å². The summed E-state index contributed by atoms with van der Waals surface area (Å²) < 4.78 is 4.38. The van der Waals surface area contributed by atoms with Gasteiger partial charge in [-0.3, -0.25) is 0 Å². The van der Waals surface area contributed by atoms with E-state index in [2.05, 4.69) is 11.3 Å². The second-order valence-electron chi connectivity index (χ2n) is 2.71. The summed E-state index contributed by atoms with van der Waals surface area (Å²) in [4.78, 5) is 10.8. The van der Waals surface area contributed by atoms with Crippen LogP contribution in [0.15, 0.2) is 12.2 Å². The van der Waals surface area contributed by atoms with Gasteiger partial charge < -0.3 is 9.84 Å². The van der Waals surface area contributed by atoms with Gasteiger partial charge in [-0.1, -0.05) is 20.4 Å². The lowest BCUT2D eigenvalue weighted by molar-refractivity contribution is -0.137. The second-order valence-corrected chi connectivity index (χ2v) is 2.71. The monoisotopic (exact) mass is 158 g/mol. The summed E-state index contributed by atoms with van der Waals surface area (Å²) in [7, 11) is 1.26. The Kier molecular flexibility index (Phi) is 3.82. The summed E-state index contributed by atoms with van der Waals surface area (Å²) in [5, 5.41) is 9.30. The fourth-order valence-electron chi connectivity index (χ4n) is 0.654. The molecule has 0 rings (SSSR count). The zero-order valence-corrected chi connectivity index (χ0v) is 7.13. The molecule has 0 fully saturated rings. The maximum atomic E-state index is 10.8. The van der Waals surface area contributed by atoms with Crippen molar-refractivity contribution in [3.05, 3.63) is 12.2 Å². The van der Waals surface area contributed by atoms with Gasteiger partial charge >= 0.3 is 5.97 Å². The number of hydrogen-bond donors (Lipinski definition) is 1. The average Bonchev–Trinajstić information content (AvgIpc) is 2.00. The van der Waals surface area contributed by atoms with E-state index in [1.54, 1.807) is 13.8 Å². The van der Waals surface area contributed by atoms with E-state index in [4.69, 9.17) is 0 Å². The molecule has 0 aromatic heterocycles. The van der Waals surface area contributed by atoms with Crippen molar-refractivity contribution >= 4 is 5.97 Å². The molecule has 0 aromatic rings. The molecule has 0 bridgehead atoms. The summed E-state index contributed by atoms with van der Waals surface area (Å²) in [5.41, 5.74) is 0.113. The Hall–Kier alpha value is -0.830. The molecule has 0 amide bonds. The standard InChI is InChI=1S/C8H14O3/c1-5(2)7(9)6(3)8(10)11-4/h5,7,9H,3H2,1-2,4H3/t7-/m1/s1. The van der Waals surface area contributed by atoms with E-state index < -0.39 is 12.1 Å². The van der Waals surface area contributed by atoms with Crippen molar-refractivity contribution < 1.29 is 14.6 Å². The molecule has 3 nitrogen and oxygen atoms in total. The summed E-state index contributed by atoms with van der Waals surface area (Å²) >= 11 is 0. The summed E-state index contributed by atoms with van der Waals surface area (Å²) in [6, 6.07) is 0. The number of methoxy groups -OCH3 is 1. The van der Waals surface area contributed by atoms with Crippen LogP contribution in [0.3, 0.4) is 0 Å². The van der Waals surface area contributed by atoms with Crippen LogP contribution in [-0.2, 0) is 9.53 Å². The largest absolute Gasteiger partial charge is 0.466 e. The normalized spacial score (nSPS) is 12.8. The smallest absolute Gasteiger partial charge is 0.335 e. The molecule has 0 aliphatic carbocycles. The van der Waals surface area contributed by atoms with Crippen LogP contribution >= 0.6 is 0 Å². The first-order valence-corrected chi connectivity index (χ1v) is 3.45. The third-order valence-electron chi connectivity index (χ3n) is 1.44. The molecule has 1 atom stereocenters. The van der Waals surface area contributed by atoms with Gasteiger partial charge in [0, 0.05) is 0 Å². The summed E-state index contributed by atoms with van der Waals surface area (Å²) in [6.07, 6.45) is -0.803. The topological polar surface area (TPSA) is 46.5 Å². The van der Waals surface area contributed by atoms with Crippen LogP contribution in [-0.4, -0.2) is 24.3 Å². The predicted octanol–water partition coefficient (Wildman–Crippen LogP) is 0.732. The lowest BCUT2D eigenvalue weighted by Gasteiger charge is -2.14. The van der Waals surface area contributed by atoms with Crippen LogP contribution in [0, 0.1) is 5.92 Å². The molecule has 0 aliphatic heterocycles. The van der Waals surface area contributed by atoms with Crippen molar-refractivity contribution in [3.63, 3.8) is 0 Å². The summed E-state index contributed by atoms with van der Waals surface area (Å²) in [5.74, 6) is -0.562. The number of aliphatic hydroxyl groups excluding tert-OH is 1. The second kappa shape index (κ2) is 4.13. The Morgan fingerprint density at radius 2 is 2.00 bits per heavy atom. The van der Waals surface area contributed by atoms with Gasteiger partial charge in [-0.15, -0.1) is 0 Å². The third-order valence-corrected chi connectivity index (χ3v) is 1.44. The zero-order chi connectivity index (χ0) is 9.02. The van der Waals surface area contributed by atoms with E-state index in [-0.39, 0.29) is 11.5 Å². The van der Waals surface area contributed by atoms with Gasteiger partial charge in [-0.05, 0) is 5.92 Å². The SMILES string of the molecule is C=C(C(=O)OC)[C@H](O)C(C)C. The molecule has 0 saturated heterocycles. The minimum absolute atomic E-state index is 0.0124. The Balaban J connectivity index is 4.14. The number of aliphatic hydroxyl groups is 1. The maximum Gasteiger partial charge on any atom is 0.335 e. The zero-order valence-electron chi connectivity index (χ0n) is 7.13. The fourth-order valence-corrected chi connectivity index (χ4v) is 0.654. The van der Waals surface area contributed by atoms with Crippen LogP contribution in [0.4, 0.5) is 0 Å². The number of carbonyl (C=O) groups is 1. The Labute approximate surface area is 66.7 Å². The molecule has 3 heteroatoms. The third kappa shape index (κ3) is 2.72. The van der Waals surface area contributed by atoms with Gasteiger partial charge in [-0.2, -0.15) is 0 Å². The van der Waals surface area contributed by atoms with Crippen molar-refractivity contribution in [1.29, 1.82) is 0 Å². The van der Waals surface area contributed by atoms with Crippen molar-refractivity contribution in [2.24, 2.45) is 5.92 Å². The van der Waals surface area contributed by atoms with Crippen molar-refractivity contribution in [1.82, 2.24) is 0 Å². The van der Waals surface area contributed by atoms with Gasteiger partial charge in [0.15, 0.2) is 0 Å². The highest BCUT2D eigenvalue weighted by molar-refractivity contribution is 5.88. The van der Waals surface area contributed by atoms with E-state index in [9.17, 15) is 9.90 Å². The van der Waals surface area contributed by atoms with Crippen molar-refractivity contribution in [3.8, 4) is 0 Å². The number of hydrogen-bond acceptors (Lipinski definition) is 3. The molecule has 0 aromatic carbocycles. The first-order chi connectivity index (χ1) is 5.00. The molecule has 0 aliphatic rings. The van der Waals surface area contributed by atoms with Crippen molar-refractivity contribution in [2.75, 3.05) is 7.11 Å². The average molecular weight is 158 g/mol. The van der Waals surface area contributed by atoms with E-state index in [0.717, 1.165) is 0 Å². The highest BCUT2D eigenvalue weighted by Crippen LogP contribution is 2.10. The van der Waals surface area contributed by atoms with Crippen LogP contribution in [0.5, 0.6) is 0 Å². The molecule has 0 saturated carbocycles. The van der Waals surface area contributed by atoms with E-state index >= 15 is 0 Å². The molecular formula is C8H14O3. The highest BCUT2D eigenvalue weighted by Gasteiger charge is 2.19. The molecule has 1 N–H and O–H groups in total. The number of carbonyl (C=O) groups excluding carboxylic acids is 1. The minimum atomic E-state index is -0.803. The highest BCUT2D eigenvalue weighted by atomic mass is 16.5. The molecular weight excluding hydrogens is 144 g/mol. The molecule has 0 heterocycles. The summed E-state index contributed by atoms with van der Waals surface area (Å²) in [6.45, 7) is 7.03. The molecule has 11 heavy (non-hydrogen) atoms. The number of ether oxygens (including phenoxy) is 1. The molecule has 64 valence electrons. The maximum absolute atomic E-state index is 10.8. The fraction of sp³-hybridized carbons (Fsp3) is 0.625. The Morgan fingerprint density at radius 1 is 1.55 bits per heavy atom. The lowest BCUT2D eigenvalue weighted by Crippen LogP contribution is -2.23. The van der Waals surface area contributed by atoms with Gasteiger partial charge in [-0.25, -0.2) is 4.79 Å². The van der Waals surface area contributed by atoms with E-state index in [1.807, 2.05) is 0 Å². The molecule has 0 radical (unpaired) electrons. The Morgan fingerprint density at radius 3 is 2.27 bits per heavy atom. The first-order valence-electron chi connectivity index (χ1n) is 3.45. The first kappa shape index (κ1) is 10.2. The number of rotatable bonds is 3. The van der Waals surface area contributed by atoms with Gasteiger partial charge in [0.25, 0.3) is 0 Å². The quantitative estimate of drug-likeness (QED) is 0.486. The number of esters is 1. The predicted molar refractivity (Wildman–Crippen MR) is 42.0 cm³/mol.